The molecule has 0 radical (unpaired) electrons. The summed E-state index contributed by atoms with van der Waals surface area (Å²) in [4.78, 5) is 2.94. The zero-order valence-electron chi connectivity index (χ0n) is 13.5. The molecule has 0 aliphatic heterocycles. The van der Waals surface area contributed by atoms with Gasteiger partial charge in [0.05, 0.1) is 15.6 Å². The number of thiol groups is 1. The minimum absolute atomic E-state index is 0.000219. The van der Waals surface area contributed by atoms with Crippen LogP contribution >= 0.6 is 11.6 Å². The maximum Gasteiger partial charge on any atom is 0.266 e. The van der Waals surface area contributed by atoms with Crippen LogP contribution in [0.3, 0.4) is 0 Å². The first kappa shape index (κ1) is 18.7. The largest absolute Gasteiger partial charge is 0.360 e. The van der Waals surface area contributed by atoms with Crippen molar-refractivity contribution >= 4 is 49.2 Å². The number of aromatic nitrogens is 1. The molecule has 3 rings (SSSR count). The Kier molecular flexibility index (Phi) is 5.24. The molecule has 0 amide bonds. The smallest absolute Gasteiger partial charge is 0.266 e. The van der Waals surface area contributed by atoms with E-state index in [2.05, 4.69) is 4.98 Å². The molecule has 0 fully saturated rings. The fourth-order valence-electron chi connectivity index (χ4n) is 2.70. The predicted molar refractivity (Wildman–Crippen MR) is 100 cm³/mol. The summed E-state index contributed by atoms with van der Waals surface area (Å²) in [6.07, 6.45) is 0.223. The third-order valence-electron chi connectivity index (χ3n) is 3.74. The number of sulfonamides is 1. The van der Waals surface area contributed by atoms with Gasteiger partial charge in [0.1, 0.15) is 0 Å². The molecule has 0 saturated heterocycles. The normalized spacial score (nSPS) is 13.2. The van der Waals surface area contributed by atoms with Gasteiger partial charge in [0, 0.05) is 17.1 Å². The van der Waals surface area contributed by atoms with Gasteiger partial charge in [0.15, 0.2) is 6.23 Å². The number of aromatic amines is 1. The van der Waals surface area contributed by atoms with E-state index in [0.29, 0.717) is 15.9 Å². The number of nitrogens with one attached hydrogen (secondary N) is 1. The molecule has 138 valence electrons. The van der Waals surface area contributed by atoms with Crippen LogP contribution in [-0.4, -0.2) is 28.0 Å². The molecule has 1 N–H and O–H groups in total. The van der Waals surface area contributed by atoms with Gasteiger partial charge in [0.25, 0.3) is 21.0 Å². The lowest BCUT2D eigenvalue weighted by molar-refractivity contribution is 0.251. The van der Waals surface area contributed by atoms with E-state index in [1.165, 1.54) is 25.3 Å². The van der Waals surface area contributed by atoms with Gasteiger partial charge in [-0.1, -0.05) is 35.9 Å². The number of benzene rings is 2. The Hall–Kier alpha value is -2.07. The summed E-state index contributed by atoms with van der Waals surface area (Å²) < 4.78 is 54.3. The van der Waals surface area contributed by atoms with Crippen LogP contribution in [0.4, 0.5) is 5.69 Å². The Labute approximate surface area is 157 Å². The van der Waals surface area contributed by atoms with Gasteiger partial charge in [-0.05, 0) is 31.2 Å². The second-order valence-electron chi connectivity index (χ2n) is 5.38. The average molecular weight is 415 g/mol. The van der Waals surface area contributed by atoms with E-state index < -0.39 is 27.2 Å². The van der Waals surface area contributed by atoms with E-state index >= 15 is 0 Å². The van der Waals surface area contributed by atoms with Crippen molar-refractivity contribution in [3.63, 3.8) is 0 Å². The molecule has 3 aromatic rings. The molecule has 26 heavy (non-hydrogen) atoms. The molecule has 0 aliphatic carbocycles. The molecule has 7 nitrogen and oxygen atoms in total. The van der Waals surface area contributed by atoms with Crippen molar-refractivity contribution < 1.29 is 21.0 Å². The van der Waals surface area contributed by atoms with Gasteiger partial charge in [0.2, 0.25) is 0 Å². The summed E-state index contributed by atoms with van der Waals surface area (Å²) in [6, 6.07) is 12.6. The van der Waals surface area contributed by atoms with Crippen LogP contribution in [0, 0.1) is 0 Å². The number of anilines is 1. The Morgan fingerprint density at radius 2 is 1.81 bits per heavy atom. The van der Waals surface area contributed by atoms with Gasteiger partial charge in [-0.15, -0.1) is 0 Å². The highest BCUT2D eigenvalue weighted by Crippen LogP contribution is 2.36. The number of H-pyrrole nitrogens is 1. The molecule has 0 spiro atoms. The van der Waals surface area contributed by atoms with Crippen molar-refractivity contribution in [3.8, 4) is 0 Å². The van der Waals surface area contributed by atoms with Crippen LogP contribution in [0.1, 0.15) is 6.92 Å². The molecular weight excluding hydrogens is 400 g/mol. The zero-order valence-corrected chi connectivity index (χ0v) is 16.0. The Morgan fingerprint density at radius 3 is 2.46 bits per heavy atom. The zero-order chi connectivity index (χ0) is 18.9. The Bertz CT molecular complexity index is 1100. The van der Waals surface area contributed by atoms with E-state index in [9.17, 15) is 16.8 Å². The minimum atomic E-state index is -4.12. The average Bonchev–Trinajstić information content (AvgIpc) is 2.97. The standard InChI is InChI=1S/C16H15ClN2O5S2/c1-11(24-25(20)21)19(26(22,23)12-6-3-2-4-7-12)15-9-5-8-14-16(15)13(17)10-18-14/h2-11,18,25H,1H3. The first-order chi connectivity index (χ1) is 12.3. The van der Waals surface area contributed by atoms with Gasteiger partial charge >= 0.3 is 0 Å². The van der Waals surface area contributed by atoms with E-state index in [1.807, 2.05) is 0 Å². The first-order valence-electron chi connectivity index (χ1n) is 7.48. The number of hydrogen-bond donors (Lipinski definition) is 2. The summed E-state index contributed by atoms with van der Waals surface area (Å²) in [6.45, 7) is 1.34. The number of nitrogens with zero attached hydrogens (tertiary/aromatic N) is 1. The summed E-state index contributed by atoms with van der Waals surface area (Å²) in [7, 11) is -7.38. The number of hydrogen-bond acceptors (Lipinski definition) is 5. The van der Waals surface area contributed by atoms with Crippen LogP contribution in [0.5, 0.6) is 0 Å². The fraction of sp³-hybridized carbons (Fsp3) is 0.125. The lowest BCUT2D eigenvalue weighted by Gasteiger charge is -2.29. The molecular formula is C16H15ClN2O5S2. The molecule has 1 atom stereocenters. The summed E-state index contributed by atoms with van der Waals surface area (Å²) in [5.74, 6) is 0. The second-order valence-corrected chi connectivity index (χ2v) is 8.26. The second kappa shape index (κ2) is 7.28. The van der Waals surface area contributed by atoms with E-state index in [-0.39, 0.29) is 10.6 Å². The van der Waals surface area contributed by atoms with Crippen molar-refractivity contribution in [1.29, 1.82) is 0 Å². The Morgan fingerprint density at radius 1 is 1.12 bits per heavy atom. The van der Waals surface area contributed by atoms with Gasteiger partial charge in [-0.25, -0.2) is 25.3 Å². The molecule has 0 bridgehead atoms. The molecule has 1 aromatic heterocycles. The monoisotopic (exact) mass is 414 g/mol. The highest BCUT2D eigenvalue weighted by molar-refractivity contribution is 7.93. The van der Waals surface area contributed by atoms with E-state index in [4.69, 9.17) is 15.8 Å². The van der Waals surface area contributed by atoms with E-state index in [1.54, 1.807) is 36.4 Å². The van der Waals surface area contributed by atoms with Gasteiger partial charge in [-0.2, -0.15) is 0 Å². The molecule has 1 unspecified atom stereocenters. The third-order valence-corrected chi connectivity index (χ3v) is 6.40. The predicted octanol–water partition coefficient (Wildman–Crippen LogP) is 2.91. The molecule has 0 saturated carbocycles. The third kappa shape index (κ3) is 3.43. The molecule has 0 aliphatic rings. The van der Waals surface area contributed by atoms with Crippen molar-refractivity contribution in [2.24, 2.45) is 0 Å². The van der Waals surface area contributed by atoms with Crippen molar-refractivity contribution in [1.82, 2.24) is 4.98 Å². The summed E-state index contributed by atoms with van der Waals surface area (Å²) in [5, 5.41) is 0.757. The Balaban J connectivity index is 2.26. The van der Waals surface area contributed by atoms with Crippen molar-refractivity contribution in [3.05, 3.63) is 59.8 Å². The SMILES string of the molecule is CC(O[SH](=O)=O)N(c1cccc2[nH]cc(Cl)c12)S(=O)(=O)c1ccccc1. The number of halogens is 1. The number of rotatable bonds is 6. The van der Waals surface area contributed by atoms with Crippen molar-refractivity contribution in [2.45, 2.75) is 18.0 Å². The van der Waals surface area contributed by atoms with Crippen LogP contribution in [0.25, 0.3) is 10.9 Å². The topological polar surface area (TPSA) is 96.5 Å². The van der Waals surface area contributed by atoms with Crippen LogP contribution in [0.2, 0.25) is 5.02 Å². The molecule has 1 heterocycles. The maximum atomic E-state index is 13.2. The van der Waals surface area contributed by atoms with Gasteiger partial charge in [-0.3, -0.25) is 0 Å². The van der Waals surface area contributed by atoms with Crippen LogP contribution < -0.4 is 4.31 Å². The van der Waals surface area contributed by atoms with Gasteiger partial charge < -0.3 is 4.98 Å². The quantitative estimate of drug-likeness (QED) is 0.477. The summed E-state index contributed by atoms with van der Waals surface area (Å²) >= 11 is 6.22. The highest BCUT2D eigenvalue weighted by Gasteiger charge is 2.32. The lowest BCUT2D eigenvalue weighted by Crippen LogP contribution is -2.40. The van der Waals surface area contributed by atoms with Crippen molar-refractivity contribution in [2.75, 3.05) is 4.31 Å². The van der Waals surface area contributed by atoms with E-state index in [0.717, 1.165) is 4.31 Å². The fourth-order valence-corrected chi connectivity index (χ4v) is 4.94. The number of fused-ring (bicyclic) bond motifs is 1. The summed E-state index contributed by atoms with van der Waals surface area (Å²) in [5.41, 5.74) is 0.821. The van der Waals surface area contributed by atoms with Crippen LogP contribution in [0.15, 0.2) is 59.6 Å². The lowest BCUT2D eigenvalue weighted by atomic mass is 10.2. The molecule has 10 heteroatoms. The van der Waals surface area contributed by atoms with Crippen LogP contribution in [-0.2, 0) is 25.2 Å². The molecule has 2 aromatic carbocycles. The maximum absolute atomic E-state index is 13.2. The highest BCUT2D eigenvalue weighted by atomic mass is 35.5. The first-order valence-corrected chi connectivity index (χ1v) is 10.4. The minimum Gasteiger partial charge on any atom is -0.360 e.